The van der Waals surface area contributed by atoms with E-state index >= 15 is 0 Å². The second kappa shape index (κ2) is 6.53. The molecular formula is C17H12BrF3N2O2. The number of aliphatic hydroxyl groups is 1. The van der Waals surface area contributed by atoms with Crippen molar-refractivity contribution in [3.63, 3.8) is 0 Å². The Morgan fingerprint density at radius 1 is 1.04 bits per heavy atom. The van der Waals surface area contributed by atoms with Crippen LogP contribution in [0.2, 0.25) is 0 Å². The van der Waals surface area contributed by atoms with Gasteiger partial charge in [0.2, 0.25) is 0 Å². The number of aromatic amines is 1. The van der Waals surface area contributed by atoms with Crippen LogP contribution >= 0.6 is 15.9 Å². The van der Waals surface area contributed by atoms with Gasteiger partial charge in [-0.25, -0.2) is 4.98 Å². The Morgan fingerprint density at radius 3 is 2.32 bits per heavy atom. The van der Waals surface area contributed by atoms with Crippen LogP contribution in [0.1, 0.15) is 17.0 Å². The molecule has 0 saturated carbocycles. The molecule has 1 aromatic heterocycles. The molecule has 8 heteroatoms. The van der Waals surface area contributed by atoms with Gasteiger partial charge >= 0.3 is 6.36 Å². The summed E-state index contributed by atoms with van der Waals surface area (Å²) in [6.45, 7) is 0. The van der Waals surface area contributed by atoms with E-state index in [0.717, 1.165) is 16.6 Å². The summed E-state index contributed by atoms with van der Waals surface area (Å²) in [6.07, 6.45) is -1.73. The molecule has 2 aromatic carbocycles. The highest BCUT2D eigenvalue weighted by molar-refractivity contribution is 9.10. The molecule has 1 heterocycles. The zero-order chi connectivity index (χ0) is 18.1. The molecule has 0 spiro atoms. The minimum absolute atomic E-state index is 0.245. The number of hydrogen-bond acceptors (Lipinski definition) is 3. The summed E-state index contributed by atoms with van der Waals surface area (Å²) in [6, 6.07) is 12.0. The largest absolute Gasteiger partial charge is 0.573 e. The molecule has 0 aliphatic rings. The standard InChI is InChI=1S/C17H12BrF3N2O2/c18-13-3-1-2-12(10-13)16(24,15-22-8-9-23-15)11-4-6-14(7-5-11)25-17(19,20)21/h1-10,24H,(H,22,23). The number of H-pyrrole nitrogens is 1. The normalized spacial score (nSPS) is 14.1. The van der Waals surface area contributed by atoms with Gasteiger partial charge in [0.05, 0.1) is 0 Å². The van der Waals surface area contributed by atoms with Gasteiger partial charge in [-0.05, 0) is 35.4 Å². The molecule has 0 bridgehead atoms. The van der Waals surface area contributed by atoms with Crippen molar-refractivity contribution in [1.82, 2.24) is 9.97 Å². The van der Waals surface area contributed by atoms with Crippen molar-refractivity contribution in [1.29, 1.82) is 0 Å². The van der Waals surface area contributed by atoms with Gasteiger partial charge in [-0.15, -0.1) is 13.2 Å². The zero-order valence-corrected chi connectivity index (χ0v) is 14.2. The predicted molar refractivity (Wildman–Crippen MR) is 88.0 cm³/mol. The lowest BCUT2D eigenvalue weighted by atomic mass is 9.85. The van der Waals surface area contributed by atoms with Crippen molar-refractivity contribution >= 4 is 15.9 Å². The number of nitrogens with zero attached hydrogens (tertiary/aromatic N) is 1. The van der Waals surface area contributed by atoms with Crippen LogP contribution in [0, 0.1) is 0 Å². The van der Waals surface area contributed by atoms with Crippen LogP contribution in [0.3, 0.4) is 0 Å². The summed E-state index contributed by atoms with van der Waals surface area (Å²) in [4.78, 5) is 6.98. The van der Waals surface area contributed by atoms with Gasteiger partial charge in [-0.2, -0.15) is 0 Å². The number of imidazole rings is 1. The van der Waals surface area contributed by atoms with E-state index in [1.165, 1.54) is 18.3 Å². The summed E-state index contributed by atoms with van der Waals surface area (Å²) in [7, 11) is 0. The third-order valence-corrected chi connectivity index (χ3v) is 4.08. The van der Waals surface area contributed by atoms with E-state index in [-0.39, 0.29) is 11.6 Å². The smallest absolute Gasteiger partial charge is 0.406 e. The van der Waals surface area contributed by atoms with E-state index in [1.807, 2.05) is 0 Å². The summed E-state index contributed by atoms with van der Waals surface area (Å²) in [5, 5.41) is 11.4. The van der Waals surface area contributed by atoms with E-state index in [2.05, 4.69) is 30.6 Å². The van der Waals surface area contributed by atoms with E-state index in [0.29, 0.717) is 11.1 Å². The van der Waals surface area contributed by atoms with Gasteiger partial charge in [0.1, 0.15) is 11.6 Å². The fourth-order valence-corrected chi connectivity index (χ4v) is 2.91. The van der Waals surface area contributed by atoms with Crippen molar-refractivity contribution in [2.45, 2.75) is 12.0 Å². The maximum absolute atomic E-state index is 12.3. The van der Waals surface area contributed by atoms with Crippen LogP contribution in [-0.2, 0) is 5.60 Å². The molecule has 0 radical (unpaired) electrons. The van der Waals surface area contributed by atoms with Gasteiger partial charge in [0.25, 0.3) is 0 Å². The van der Waals surface area contributed by atoms with Crippen molar-refractivity contribution < 1.29 is 23.0 Å². The fraction of sp³-hybridized carbons (Fsp3) is 0.118. The summed E-state index contributed by atoms with van der Waals surface area (Å²) in [5.74, 6) is -0.123. The van der Waals surface area contributed by atoms with E-state index < -0.39 is 12.0 Å². The Hall–Kier alpha value is -2.32. The van der Waals surface area contributed by atoms with E-state index in [1.54, 1.807) is 30.5 Å². The average Bonchev–Trinajstić information content (AvgIpc) is 3.08. The second-order valence-corrected chi connectivity index (χ2v) is 6.15. The predicted octanol–water partition coefficient (Wildman–Crippen LogP) is 4.36. The summed E-state index contributed by atoms with van der Waals surface area (Å²) < 4.78 is 41.6. The number of aromatic nitrogens is 2. The minimum atomic E-state index is -4.77. The van der Waals surface area contributed by atoms with Crippen LogP contribution < -0.4 is 4.74 Å². The first kappa shape index (κ1) is 17.5. The summed E-state index contributed by atoms with van der Waals surface area (Å²) in [5.41, 5.74) is -0.819. The first-order valence-electron chi connectivity index (χ1n) is 7.13. The number of benzene rings is 2. The lowest BCUT2D eigenvalue weighted by Gasteiger charge is -2.27. The topological polar surface area (TPSA) is 58.1 Å². The average molecular weight is 413 g/mol. The maximum atomic E-state index is 12.3. The van der Waals surface area contributed by atoms with Crippen LogP contribution in [-0.4, -0.2) is 21.4 Å². The molecule has 4 nitrogen and oxygen atoms in total. The zero-order valence-electron chi connectivity index (χ0n) is 12.6. The Bertz CT molecular complexity index is 851. The SMILES string of the molecule is OC(c1ccc(OC(F)(F)F)cc1)(c1cccc(Br)c1)c1ncc[nH]1. The molecule has 1 atom stereocenters. The molecule has 130 valence electrons. The minimum Gasteiger partial charge on any atom is -0.406 e. The van der Waals surface area contributed by atoms with Crippen molar-refractivity contribution in [3.05, 3.63) is 82.3 Å². The van der Waals surface area contributed by atoms with Crippen LogP contribution in [0.15, 0.2) is 65.4 Å². The molecule has 3 rings (SSSR count). The van der Waals surface area contributed by atoms with Crippen molar-refractivity contribution in [2.24, 2.45) is 0 Å². The third-order valence-electron chi connectivity index (χ3n) is 3.59. The molecule has 2 N–H and O–H groups in total. The third kappa shape index (κ3) is 3.69. The van der Waals surface area contributed by atoms with Gasteiger partial charge in [-0.1, -0.05) is 40.2 Å². The second-order valence-electron chi connectivity index (χ2n) is 5.23. The molecule has 3 aromatic rings. The van der Waals surface area contributed by atoms with E-state index in [4.69, 9.17) is 0 Å². The molecular weight excluding hydrogens is 401 g/mol. The molecule has 0 saturated heterocycles. The van der Waals surface area contributed by atoms with E-state index in [9.17, 15) is 18.3 Å². The highest BCUT2D eigenvalue weighted by Gasteiger charge is 2.37. The van der Waals surface area contributed by atoms with Gasteiger partial charge < -0.3 is 14.8 Å². The highest BCUT2D eigenvalue weighted by atomic mass is 79.9. The Kier molecular flexibility index (Phi) is 4.57. The molecule has 0 amide bonds. The number of hydrogen-bond donors (Lipinski definition) is 2. The highest BCUT2D eigenvalue weighted by Crippen LogP contribution is 2.36. The number of rotatable bonds is 4. The first-order valence-corrected chi connectivity index (χ1v) is 7.93. The quantitative estimate of drug-likeness (QED) is 0.669. The monoisotopic (exact) mass is 412 g/mol. The Balaban J connectivity index is 2.07. The lowest BCUT2D eigenvalue weighted by Crippen LogP contribution is -2.30. The van der Waals surface area contributed by atoms with Crippen molar-refractivity contribution in [3.8, 4) is 5.75 Å². The number of nitrogens with one attached hydrogen (secondary N) is 1. The van der Waals surface area contributed by atoms with Gasteiger partial charge in [0.15, 0.2) is 5.60 Å². The number of halogens is 4. The molecule has 25 heavy (non-hydrogen) atoms. The lowest BCUT2D eigenvalue weighted by molar-refractivity contribution is -0.274. The maximum Gasteiger partial charge on any atom is 0.573 e. The van der Waals surface area contributed by atoms with Gasteiger partial charge in [-0.3, -0.25) is 0 Å². The Labute approximate surface area is 149 Å². The Morgan fingerprint density at radius 2 is 1.76 bits per heavy atom. The van der Waals surface area contributed by atoms with Gasteiger partial charge in [0, 0.05) is 16.9 Å². The molecule has 0 aliphatic carbocycles. The van der Waals surface area contributed by atoms with Crippen LogP contribution in [0.4, 0.5) is 13.2 Å². The van der Waals surface area contributed by atoms with Crippen LogP contribution in [0.25, 0.3) is 0 Å². The van der Waals surface area contributed by atoms with Crippen molar-refractivity contribution in [2.75, 3.05) is 0 Å². The number of alkyl halides is 3. The molecule has 0 aliphatic heterocycles. The van der Waals surface area contributed by atoms with Crippen LogP contribution in [0.5, 0.6) is 5.75 Å². The fourth-order valence-electron chi connectivity index (χ4n) is 2.51. The summed E-state index contributed by atoms with van der Waals surface area (Å²) >= 11 is 3.35. The molecule has 1 unspecified atom stereocenters. The number of ether oxygens (including phenoxy) is 1. The first-order chi connectivity index (χ1) is 11.8. The molecule has 0 fully saturated rings.